The van der Waals surface area contributed by atoms with Crippen molar-refractivity contribution in [1.82, 2.24) is 24.5 Å². The average molecular weight is 582 g/mol. The molecule has 0 amide bonds. The van der Waals surface area contributed by atoms with Gasteiger partial charge in [-0.25, -0.2) is 24.1 Å². The summed E-state index contributed by atoms with van der Waals surface area (Å²) in [4.78, 5) is 29.0. The SMILES string of the molecule is N#Cc1ccc(COc2nc(C3=CCC(Cc4nc5ccc(C(=O)O)nc5n4CC4(C#N)CC4)CC3)ncc2F)c(F)c1. The van der Waals surface area contributed by atoms with Crippen LogP contribution in [-0.4, -0.2) is 35.6 Å². The van der Waals surface area contributed by atoms with E-state index >= 15 is 0 Å². The third-order valence-electron chi connectivity index (χ3n) is 7.98. The first kappa shape index (κ1) is 27.9. The first-order chi connectivity index (χ1) is 20.8. The predicted molar refractivity (Wildman–Crippen MR) is 148 cm³/mol. The van der Waals surface area contributed by atoms with Crippen LogP contribution in [0.4, 0.5) is 8.78 Å². The molecule has 1 unspecified atom stereocenters. The van der Waals surface area contributed by atoms with Crippen molar-refractivity contribution in [3.8, 4) is 18.0 Å². The number of nitriles is 2. The van der Waals surface area contributed by atoms with Gasteiger partial charge in [-0.15, -0.1) is 0 Å². The molecule has 1 fully saturated rings. The maximum Gasteiger partial charge on any atom is 0.354 e. The molecule has 2 aliphatic carbocycles. The van der Waals surface area contributed by atoms with E-state index in [9.17, 15) is 23.9 Å². The van der Waals surface area contributed by atoms with Crippen LogP contribution < -0.4 is 4.74 Å². The second-order valence-electron chi connectivity index (χ2n) is 11.0. The number of carbonyl (C=O) groups is 1. The number of aromatic carboxylic acids is 1. The van der Waals surface area contributed by atoms with Crippen molar-refractivity contribution in [3.63, 3.8) is 0 Å². The summed E-state index contributed by atoms with van der Waals surface area (Å²) in [5.74, 6) is -1.50. The molecule has 0 aliphatic heterocycles. The van der Waals surface area contributed by atoms with Crippen LogP contribution in [0, 0.1) is 45.6 Å². The summed E-state index contributed by atoms with van der Waals surface area (Å²) in [6, 6.07) is 11.3. The van der Waals surface area contributed by atoms with E-state index in [1.807, 2.05) is 16.7 Å². The van der Waals surface area contributed by atoms with E-state index in [1.165, 1.54) is 18.2 Å². The zero-order chi connectivity index (χ0) is 30.1. The number of allylic oxidation sites excluding steroid dienone is 2. The predicted octanol–water partition coefficient (Wildman–Crippen LogP) is 5.38. The minimum Gasteiger partial charge on any atom is -0.477 e. The lowest BCUT2D eigenvalue weighted by Gasteiger charge is -2.22. The second-order valence-corrected chi connectivity index (χ2v) is 11.0. The molecule has 1 N–H and O–H groups in total. The van der Waals surface area contributed by atoms with Crippen molar-refractivity contribution < 1.29 is 23.4 Å². The highest BCUT2D eigenvalue weighted by molar-refractivity contribution is 5.88. The van der Waals surface area contributed by atoms with E-state index < -0.39 is 23.0 Å². The van der Waals surface area contributed by atoms with Crippen molar-refractivity contribution in [1.29, 1.82) is 10.5 Å². The number of carboxylic acid groups (broad SMARTS) is 1. The van der Waals surface area contributed by atoms with Crippen LogP contribution in [0.2, 0.25) is 0 Å². The minimum atomic E-state index is -1.12. The van der Waals surface area contributed by atoms with Crippen molar-refractivity contribution >= 4 is 22.7 Å². The Balaban J connectivity index is 1.18. The summed E-state index contributed by atoms with van der Waals surface area (Å²) in [5.41, 5.74) is 1.69. The molecule has 12 heteroatoms. The van der Waals surface area contributed by atoms with Crippen molar-refractivity contribution in [3.05, 3.63) is 82.7 Å². The largest absolute Gasteiger partial charge is 0.477 e. The van der Waals surface area contributed by atoms with Gasteiger partial charge in [-0.3, -0.25) is 0 Å². The van der Waals surface area contributed by atoms with Gasteiger partial charge < -0.3 is 14.4 Å². The van der Waals surface area contributed by atoms with E-state index in [-0.39, 0.29) is 35.2 Å². The number of halogens is 2. The Morgan fingerprint density at radius 2 is 1.98 bits per heavy atom. The number of imidazole rings is 1. The summed E-state index contributed by atoms with van der Waals surface area (Å²) >= 11 is 0. The fourth-order valence-electron chi connectivity index (χ4n) is 5.27. The number of carboxylic acids is 1. The number of rotatable bonds is 9. The van der Waals surface area contributed by atoms with Crippen LogP contribution in [0.5, 0.6) is 5.88 Å². The maximum atomic E-state index is 14.4. The Bertz CT molecular complexity index is 1870. The quantitative estimate of drug-likeness (QED) is 0.275. The van der Waals surface area contributed by atoms with Crippen LogP contribution in [0.3, 0.4) is 0 Å². The van der Waals surface area contributed by atoms with E-state index in [4.69, 9.17) is 15.0 Å². The van der Waals surface area contributed by atoms with E-state index in [2.05, 4.69) is 21.0 Å². The molecule has 1 saturated carbocycles. The summed E-state index contributed by atoms with van der Waals surface area (Å²) in [7, 11) is 0. The molecular weight excluding hydrogens is 556 g/mol. The standard InChI is InChI=1S/C31H25F2N7O3/c32-22-11-19(13-34)3-6-21(22)15-43-29-23(33)14-36-27(39-29)20-4-1-18(2-5-20)12-26-37-24-7-8-25(30(41)42)38-28(24)40(26)17-31(16-35)9-10-31/h3-4,6-8,11,14,18H,1-2,5,9-10,12,15,17H2,(H,41,42). The summed E-state index contributed by atoms with van der Waals surface area (Å²) in [6.45, 7) is 0.153. The zero-order valence-electron chi connectivity index (χ0n) is 22.9. The molecule has 3 aromatic heterocycles. The third kappa shape index (κ3) is 5.77. The Kier molecular flexibility index (Phi) is 7.28. The van der Waals surface area contributed by atoms with Crippen molar-refractivity contribution in [2.75, 3.05) is 0 Å². The number of ether oxygens (including phenoxy) is 1. The molecule has 3 heterocycles. The molecule has 0 spiro atoms. The number of fused-ring (bicyclic) bond motifs is 1. The Labute approximate surface area is 244 Å². The maximum absolute atomic E-state index is 14.4. The third-order valence-corrected chi connectivity index (χ3v) is 7.98. The molecule has 216 valence electrons. The molecule has 0 radical (unpaired) electrons. The Hall–Kier alpha value is -5.23. The van der Waals surface area contributed by atoms with Crippen LogP contribution in [-0.2, 0) is 19.6 Å². The van der Waals surface area contributed by atoms with Gasteiger partial charge in [0.05, 0.1) is 29.3 Å². The molecule has 10 nitrogen and oxygen atoms in total. The Morgan fingerprint density at radius 3 is 2.65 bits per heavy atom. The summed E-state index contributed by atoms with van der Waals surface area (Å²) in [6.07, 6.45) is 7.30. The monoisotopic (exact) mass is 581 g/mol. The van der Waals surface area contributed by atoms with Gasteiger partial charge in [0.2, 0.25) is 5.82 Å². The lowest BCUT2D eigenvalue weighted by molar-refractivity contribution is 0.0691. The number of hydrogen-bond donors (Lipinski definition) is 1. The first-order valence-electron chi connectivity index (χ1n) is 13.8. The highest BCUT2D eigenvalue weighted by atomic mass is 19.1. The molecular formula is C31H25F2N7O3. The van der Waals surface area contributed by atoms with Crippen LogP contribution in [0.1, 0.15) is 65.4 Å². The molecule has 0 saturated heterocycles. The van der Waals surface area contributed by atoms with Crippen molar-refractivity contribution in [2.45, 2.75) is 51.7 Å². The fourth-order valence-corrected chi connectivity index (χ4v) is 5.27. The van der Waals surface area contributed by atoms with Gasteiger partial charge in [0.15, 0.2) is 17.2 Å². The second kappa shape index (κ2) is 11.2. The summed E-state index contributed by atoms with van der Waals surface area (Å²) in [5, 5.41) is 28.1. The van der Waals surface area contributed by atoms with E-state index in [0.29, 0.717) is 42.8 Å². The Morgan fingerprint density at radius 1 is 1.14 bits per heavy atom. The molecule has 1 atom stereocenters. The van der Waals surface area contributed by atoms with Gasteiger partial charge in [0, 0.05) is 18.5 Å². The first-order valence-corrected chi connectivity index (χ1v) is 13.8. The molecule has 4 aromatic rings. The highest BCUT2D eigenvalue weighted by Gasteiger charge is 2.44. The number of benzene rings is 1. The normalized spacial score (nSPS) is 17.1. The van der Waals surface area contributed by atoms with Gasteiger partial charge >= 0.3 is 5.97 Å². The van der Waals surface area contributed by atoms with Gasteiger partial charge in [-0.05, 0) is 67.9 Å². The number of hydrogen-bond acceptors (Lipinski definition) is 8. The van der Waals surface area contributed by atoms with Crippen LogP contribution >= 0.6 is 0 Å². The highest BCUT2D eigenvalue weighted by Crippen LogP contribution is 2.47. The molecule has 0 bridgehead atoms. The molecule has 2 aliphatic rings. The topological polar surface area (TPSA) is 151 Å². The zero-order valence-corrected chi connectivity index (χ0v) is 22.9. The minimum absolute atomic E-state index is 0.0723. The average Bonchev–Trinajstić information content (AvgIpc) is 3.72. The van der Waals surface area contributed by atoms with Crippen molar-refractivity contribution in [2.24, 2.45) is 11.3 Å². The molecule has 1 aromatic carbocycles. The fraction of sp³-hybridized carbons (Fsp3) is 0.323. The number of pyridine rings is 1. The van der Waals surface area contributed by atoms with Crippen LogP contribution in [0.25, 0.3) is 16.7 Å². The molecule has 6 rings (SSSR count). The smallest absolute Gasteiger partial charge is 0.354 e. The lowest BCUT2D eigenvalue weighted by Crippen LogP contribution is -2.17. The van der Waals surface area contributed by atoms with Crippen LogP contribution in [0.15, 0.2) is 42.6 Å². The lowest BCUT2D eigenvalue weighted by atomic mass is 9.87. The number of aromatic nitrogens is 5. The number of nitrogens with zero attached hydrogens (tertiary/aromatic N) is 7. The van der Waals surface area contributed by atoms with Gasteiger partial charge in [0.25, 0.3) is 5.88 Å². The van der Waals surface area contributed by atoms with Gasteiger partial charge in [0.1, 0.15) is 23.8 Å². The van der Waals surface area contributed by atoms with E-state index in [0.717, 1.165) is 42.9 Å². The summed E-state index contributed by atoms with van der Waals surface area (Å²) < 4.78 is 36.0. The van der Waals surface area contributed by atoms with E-state index in [1.54, 1.807) is 6.07 Å². The molecule has 43 heavy (non-hydrogen) atoms. The van der Waals surface area contributed by atoms with Gasteiger partial charge in [-0.1, -0.05) is 12.1 Å². The van der Waals surface area contributed by atoms with Gasteiger partial charge in [-0.2, -0.15) is 19.9 Å².